The number of amides is 1. The second kappa shape index (κ2) is 5.93. The molecule has 1 aliphatic heterocycles. The molecule has 1 fully saturated rings. The largest absolute Gasteiger partial charge is 0.325 e. The molecule has 1 saturated heterocycles. The van der Waals surface area contributed by atoms with Crippen LogP contribution >= 0.6 is 0 Å². The number of anilines is 1. The molecule has 1 amide bonds. The topological polar surface area (TPSA) is 49.4 Å². The minimum atomic E-state index is -0.380. The molecule has 2 rings (SSSR count). The normalized spacial score (nSPS) is 20.3. The zero-order valence-corrected chi connectivity index (χ0v) is 10.9. The zero-order chi connectivity index (χ0) is 13.8. The fourth-order valence-electron chi connectivity index (χ4n) is 2.21. The number of nitrogens with zero attached hydrogens (tertiary/aromatic N) is 1. The van der Waals surface area contributed by atoms with Crippen LogP contribution in [-0.4, -0.2) is 36.2 Å². The van der Waals surface area contributed by atoms with Crippen molar-refractivity contribution in [2.75, 3.05) is 25.0 Å². The lowest BCUT2D eigenvalue weighted by Gasteiger charge is -2.29. The van der Waals surface area contributed by atoms with Crippen LogP contribution in [0.5, 0.6) is 0 Å². The number of piperidine rings is 1. The molecule has 0 saturated carbocycles. The van der Waals surface area contributed by atoms with Gasteiger partial charge in [-0.15, -0.1) is 0 Å². The van der Waals surface area contributed by atoms with Crippen LogP contribution in [0, 0.1) is 11.7 Å². The van der Waals surface area contributed by atoms with E-state index < -0.39 is 0 Å². The van der Waals surface area contributed by atoms with E-state index in [9.17, 15) is 14.0 Å². The number of nitrogens with one attached hydrogen (secondary N) is 1. The first kappa shape index (κ1) is 13.7. The van der Waals surface area contributed by atoms with E-state index in [0.29, 0.717) is 25.2 Å². The Bertz CT molecular complexity index is 490. The van der Waals surface area contributed by atoms with E-state index in [1.807, 2.05) is 11.8 Å². The van der Waals surface area contributed by atoms with E-state index in [1.165, 1.54) is 12.1 Å². The molecule has 0 aromatic heterocycles. The number of ketones is 1. The summed E-state index contributed by atoms with van der Waals surface area (Å²) in [7, 11) is 0. The van der Waals surface area contributed by atoms with E-state index >= 15 is 0 Å². The highest BCUT2D eigenvalue weighted by atomic mass is 19.1. The molecule has 1 atom stereocenters. The van der Waals surface area contributed by atoms with Gasteiger partial charge in [-0.1, -0.05) is 13.0 Å². The fourth-order valence-corrected chi connectivity index (χ4v) is 2.21. The smallest absolute Gasteiger partial charge is 0.238 e. The van der Waals surface area contributed by atoms with Gasteiger partial charge in [-0.05, 0) is 18.2 Å². The van der Waals surface area contributed by atoms with Crippen LogP contribution in [0.3, 0.4) is 0 Å². The second-order valence-electron chi connectivity index (χ2n) is 4.91. The molecule has 0 radical (unpaired) electrons. The lowest BCUT2D eigenvalue weighted by atomic mass is 9.99. The Morgan fingerprint density at radius 3 is 3.00 bits per heavy atom. The molecule has 1 unspecified atom stereocenters. The third-order valence-corrected chi connectivity index (χ3v) is 3.23. The van der Waals surface area contributed by atoms with Crippen molar-refractivity contribution in [2.45, 2.75) is 13.3 Å². The van der Waals surface area contributed by atoms with Gasteiger partial charge in [-0.25, -0.2) is 4.39 Å². The maximum absolute atomic E-state index is 13.0. The van der Waals surface area contributed by atoms with Crippen molar-refractivity contribution in [3.8, 4) is 0 Å². The van der Waals surface area contributed by atoms with E-state index in [0.717, 1.165) is 0 Å². The zero-order valence-electron chi connectivity index (χ0n) is 10.9. The number of hydrogen-bond donors (Lipinski definition) is 1. The Balaban J connectivity index is 1.86. The summed E-state index contributed by atoms with van der Waals surface area (Å²) in [6, 6.07) is 5.80. The number of likely N-dealkylation sites (tertiary alicyclic amines) is 1. The third kappa shape index (κ3) is 3.86. The fraction of sp³-hybridized carbons (Fsp3) is 0.429. The maximum Gasteiger partial charge on any atom is 0.238 e. The number of Topliss-reactive ketones (excluding diaryl/α,β-unsaturated/α-hetero) is 1. The molecule has 1 aromatic carbocycles. The quantitative estimate of drug-likeness (QED) is 0.903. The Morgan fingerprint density at radius 2 is 2.32 bits per heavy atom. The Labute approximate surface area is 111 Å². The number of hydrogen-bond acceptors (Lipinski definition) is 3. The highest BCUT2D eigenvalue weighted by Gasteiger charge is 2.24. The van der Waals surface area contributed by atoms with Crippen molar-refractivity contribution in [3.63, 3.8) is 0 Å². The van der Waals surface area contributed by atoms with Gasteiger partial charge in [0.15, 0.2) is 0 Å². The van der Waals surface area contributed by atoms with Gasteiger partial charge in [0.1, 0.15) is 11.6 Å². The molecule has 102 valence electrons. The average molecular weight is 264 g/mol. The lowest BCUT2D eigenvalue weighted by Crippen LogP contribution is -2.43. The maximum atomic E-state index is 13.0. The van der Waals surface area contributed by atoms with Gasteiger partial charge in [-0.3, -0.25) is 14.5 Å². The lowest BCUT2D eigenvalue weighted by molar-refractivity contribution is -0.127. The van der Waals surface area contributed by atoms with Crippen LogP contribution in [0.25, 0.3) is 0 Å². The van der Waals surface area contributed by atoms with Gasteiger partial charge in [0, 0.05) is 31.1 Å². The highest BCUT2D eigenvalue weighted by Crippen LogP contribution is 2.13. The van der Waals surface area contributed by atoms with Crippen molar-refractivity contribution < 1.29 is 14.0 Å². The van der Waals surface area contributed by atoms with E-state index in [-0.39, 0.29) is 30.0 Å². The monoisotopic (exact) mass is 264 g/mol. The van der Waals surface area contributed by atoms with Gasteiger partial charge in [0.05, 0.1) is 6.54 Å². The van der Waals surface area contributed by atoms with Gasteiger partial charge in [-0.2, -0.15) is 0 Å². The van der Waals surface area contributed by atoms with Crippen LogP contribution in [0.1, 0.15) is 13.3 Å². The van der Waals surface area contributed by atoms with E-state index in [1.54, 1.807) is 12.1 Å². The summed E-state index contributed by atoms with van der Waals surface area (Å²) >= 11 is 0. The van der Waals surface area contributed by atoms with Crippen molar-refractivity contribution in [1.82, 2.24) is 4.90 Å². The molecule has 1 N–H and O–H groups in total. The van der Waals surface area contributed by atoms with Gasteiger partial charge >= 0.3 is 0 Å². The molecule has 0 spiro atoms. The Kier molecular flexibility index (Phi) is 4.27. The summed E-state index contributed by atoms with van der Waals surface area (Å²) < 4.78 is 13.0. The van der Waals surface area contributed by atoms with Crippen molar-refractivity contribution in [3.05, 3.63) is 30.1 Å². The van der Waals surface area contributed by atoms with Gasteiger partial charge < -0.3 is 5.32 Å². The minimum absolute atomic E-state index is 0.0179. The first-order chi connectivity index (χ1) is 9.04. The first-order valence-corrected chi connectivity index (χ1v) is 6.35. The number of benzene rings is 1. The van der Waals surface area contributed by atoms with Crippen LogP contribution < -0.4 is 5.32 Å². The summed E-state index contributed by atoms with van der Waals surface area (Å²) in [4.78, 5) is 25.2. The molecular formula is C14H17FN2O2. The molecule has 4 nitrogen and oxygen atoms in total. The van der Waals surface area contributed by atoms with E-state index in [4.69, 9.17) is 0 Å². The summed E-state index contributed by atoms with van der Waals surface area (Å²) in [6.07, 6.45) is 0.494. The van der Waals surface area contributed by atoms with Crippen molar-refractivity contribution in [1.29, 1.82) is 0 Å². The minimum Gasteiger partial charge on any atom is -0.325 e. The molecule has 0 aliphatic carbocycles. The summed E-state index contributed by atoms with van der Waals surface area (Å²) in [5, 5.41) is 2.65. The summed E-state index contributed by atoms with van der Waals surface area (Å²) in [6.45, 7) is 3.32. The third-order valence-electron chi connectivity index (χ3n) is 3.23. The number of rotatable bonds is 3. The van der Waals surface area contributed by atoms with Crippen LogP contribution in [0.2, 0.25) is 0 Å². The van der Waals surface area contributed by atoms with E-state index in [2.05, 4.69) is 5.32 Å². The molecule has 1 aromatic rings. The molecule has 1 heterocycles. The van der Waals surface area contributed by atoms with Gasteiger partial charge in [0.25, 0.3) is 0 Å². The SMILES string of the molecule is CC1CN(CC(=O)Nc2cccc(F)c2)CCC1=O. The van der Waals surface area contributed by atoms with Crippen LogP contribution in [-0.2, 0) is 9.59 Å². The summed E-state index contributed by atoms with van der Waals surface area (Å²) in [5.74, 6) is -0.334. The standard InChI is InChI=1S/C14H17FN2O2/c1-10-8-17(6-5-13(10)18)9-14(19)16-12-4-2-3-11(15)7-12/h2-4,7,10H,5-6,8-9H2,1H3,(H,16,19). The Hall–Kier alpha value is -1.75. The predicted octanol–water partition coefficient (Wildman–Crippen LogP) is 1.68. The van der Waals surface area contributed by atoms with Crippen LogP contribution in [0.15, 0.2) is 24.3 Å². The molecule has 1 aliphatic rings. The number of halogens is 1. The summed E-state index contributed by atoms with van der Waals surface area (Å²) in [5.41, 5.74) is 0.450. The predicted molar refractivity (Wildman–Crippen MR) is 70.3 cm³/mol. The molecule has 19 heavy (non-hydrogen) atoms. The highest BCUT2D eigenvalue weighted by molar-refractivity contribution is 5.92. The van der Waals surface area contributed by atoms with Gasteiger partial charge in [0.2, 0.25) is 5.91 Å². The molecule has 0 bridgehead atoms. The molecular weight excluding hydrogens is 247 g/mol. The molecule has 5 heteroatoms. The van der Waals surface area contributed by atoms with Crippen molar-refractivity contribution in [2.24, 2.45) is 5.92 Å². The number of carbonyl (C=O) groups is 2. The first-order valence-electron chi connectivity index (χ1n) is 6.35. The number of carbonyl (C=O) groups excluding carboxylic acids is 2. The second-order valence-corrected chi connectivity index (χ2v) is 4.91. The van der Waals surface area contributed by atoms with Crippen molar-refractivity contribution >= 4 is 17.4 Å². The Morgan fingerprint density at radius 1 is 1.53 bits per heavy atom. The average Bonchev–Trinajstić information content (AvgIpc) is 2.34. The van der Waals surface area contributed by atoms with Crippen LogP contribution in [0.4, 0.5) is 10.1 Å².